The fourth-order valence-electron chi connectivity index (χ4n) is 4.60. The number of benzene rings is 3. The van der Waals surface area contributed by atoms with Gasteiger partial charge < -0.3 is 14.5 Å². The Morgan fingerprint density at radius 3 is 2.45 bits per heavy atom. The Kier molecular flexibility index (Phi) is 5.61. The Hall–Kier alpha value is -3.27. The maximum absolute atomic E-state index is 6.37. The van der Waals surface area contributed by atoms with E-state index < -0.39 is 0 Å². The molecular formula is C27H28N2O2. The molecule has 0 bridgehead atoms. The molecular weight excluding hydrogens is 384 g/mol. The molecule has 4 aromatic rings. The molecule has 0 saturated heterocycles. The van der Waals surface area contributed by atoms with Crippen LogP contribution < -0.4 is 9.47 Å². The smallest absolute Gasteiger partial charge is 0.161 e. The summed E-state index contributed by atoms with van der Waals surface area (Å²) in [6, 6.07) is 25.2. The van der Waals surface area contributed by atoms with Crippen LogP contribution in [0.25, 0.3) is 11.0 Å². The van der Waals surface area contributed by atoms with E-state index in [4.69, 9.17) is 14.5 Å². The van der Waals surface area contributed by atoms with E-state index in [0.29, 0.717) is 0 Å². The van der Waals surface area contributed by atoms with Gasteiger partial charge in [-0.15, -0.1) is 0 Å². The zero-order valence-electron chi connectivity index (χ0n) is 17.9. The van der Waals surface area contributed by atoms with Gasteiger partial charge in [-0.1, -0.05) is 48.5 Å². The number of hydrogen-bond donors (Lipinski definition) is 1. The molecule has 1 saturated carbocycles. The van der Waals surface area contributed by atoms with Crippen LogP contribution in [0.4, 0.5) is 0 Å². The van der Waals surface area contributed by atoms with Gasteiger partial charge in [0.25, 0.3) is 0 Å². The summed E-state index contributed by atoms with van der Waals surface area (Å²) in [7, 11) is 1.71. The van der Waals surface area contributed by atoms with Crippen LogP contribution in [-0.4, -0.2) is 23.2 Å². The summed E-state index contributed by atoms with van der Waals surface area (Å²) >= 11 is 0. The van der Waals surface area contributed by atoms with Gasteiger partial charge in [-0.05, 0) is 61.1 Å². The average Bonchev–Trinajstić information content (AvgIpc) is 3.47. The average molecular weight is 413 g/mol. The standard InChI is InChI=1S/C27H28N2O2/c1-30-25-16-15-20(17-26(25)31-21-11-5-6-12-21)22(19-9-3-2-4-10-19)18-27-28-23-13-7-8-14-24(23)29-27/h2-4,7-10,13-17,21-22H,5-6,11-12,18H2,1H3,(H,28,29). The van der Waals surface area contributed by atoms with Crippen LogP contribution in [0.1, 0.15) is 48.6 Å². The van der Waals surface area contributed by atoms with Crippen molar-refractivity contribution in [2.45, 2.75) is 44.1 Å². The SMILES string of the molecule is COc1ccc(C(Cc2nc3ccccc3[nH]2)c2ccccc2)cc1OC1CCCC1. The number of H-pyrrole nitrogens is 1. The fraction of sp³-hybridized carbons (Fsp3) is 0.296. The third-order valence-corrected chi connectivity index (χ3v) is 6.22. The van der Waals surface area contributed by atoms with E-state index in [1.807, 2.05) is 24.3 Å². The Labute approximate surface area is 183 Å². The van der Waals surface area contributed by atoms with Gasteiger partial charge in [0.15, 0.2) is 11.5 Å². The molecule has 31 heavy (non-hydrogen) atoms. The molecule has 3 aromatic carbocycles. The first-order valence-corrected chi connectivity index (χ1v) is 11.1. The molecule has 5 rings (SSSR count). The van der Waals surface area contributed by atoms with E-state index in [1.54, 1.807) is 7.11 Å². The third kappa shape index (κ3) is 4.29. The maximum Gasteiger partial charge on any atom is 0.161 e. The molecule has 1 aliphatic rings. The Bertz CT molecular complexity index is 1110. The van der Waals surface area contributed by atoms with E-state index in [0.717, 1.165) is 47.6 Å². The molecule has 1 unspecified atom stereocenters. The van der Waals surface area contributed by atoms with Crippen molar-refractivity contribution in [3.8, 4) is 11.5 Å². The van der Waals surface area contributed by atoms with E-state index in [-0.39, 0.29) is 12.0 Å². The molecule has 1 heterocycles. The molecule has 4 heteroatoms. The predicted molar refractivity (Wildman–Crippen MR) is 124 cm³/mol. The molecule has 1 atom stereocenters. The number of ether oxygens (including phenoxy) is 2. The van der Waals surface area contributed by atoms with Gasteiger partial charge in [0.1, 0.15) is 5.82 Å². The predicted octanol–water partition coefficient (Wildman–Crippen LogP) is 6.27. The lowest BCUT2D eigenvalue weighted by Gasteiger charge is -2.21. The molecule has 0 aliphatic heterocycles. The summed E-state index contributed by atoms with van der Waals surface area (Å²) in [5, 5.41) is 0. The minimum Gasteiger partial charge on any atom is -0.493 e. The van der Waals surface area contributed by atoms with Crippen LogP contribution in [0, 0.1) is 0 Å². The van der Waals surface area contributed by atoms with Crippen LogP contribution in [0.3, 0.4) is 0 Å². The number of aromatic amines is 1. The van der Waals surface area contributed by atoms with E-state index in [9.17, 15) is 0 Å². The molecule has 158 valence electrons. The highest BCUT2D eigenvalue weighted by atomic mass is 16.5. The molecule has 1 fully saturated rings. The monoisotopic (exact) mass is 412 g/mol. The molecule has 0 radical (unpaired) electrons. The van der Waals surface area contributed by atoms with Gasteiger partial charge in [0.2, 0.25) is 0 Å². The maximum atomic E-state index is 6.37. The number of aromatic nitrogens is 2. The summed E-state index contributed by atoms with van der Waals surface area (Å²) in [5.74, 6) is 2.80. The van der Waals surface area contributed by atoms with Gasteiger partial charge in [0.05, 0.1) is 24.2 Å². The second kappa shape index (κ2) is 8.84. The van der Waals surface area contributed by atoms with Crippen molar-refractivity contribution >= 4 is 11.0 Å². The first-order chi connectivity index (χ1) is 15.3. The topological polar surface area (TPSA) is 47.1 Å². The second-order valence-electron chi connectivity index (χ2n) is 8.30. The van der Waals surface area contributed by atoms with Gasteiger partial charge in [0, 0.05) is 12.3 Å². The Morgan fingerprint density at radius 2 is 1.68 bits per heavy atom. The minimum absolute atomic E-state index is 0.165. The summed E-state index contributed by atoms with van der Waals surface area (Å²) < 4.78 is 12.0. The summed E-state index contributed by atoms with van der Waals surface area (Å²) in [6.07, 6.45) is 5.79. The number of methoxy groups -OCH3 is 1. The van der Waals surface area contributed by atoms with Crippen molar-refractivity contribution in [1.29, 1.82) is 0 Å². The van der Waals surface area contributed by atoms with Crippen LogP contribution >= 0.6 is 0 Å². The normalized spacial score (nSPS) is 15.3. The van der Waals surface area contributed by atoms with Crippen molar-refractivity contribution in [2.75, 3.05) is 7.11 Å². The Morgan fingerprint density at radius 1 is 0.903 bits per heavy atom. The second-order valence-corrected chi connectivity index (χ2v) is 8.30. The number of para-hydroxylation sites is 2. The number of rotatable bonds is 7. The number of nitrogens with zero attached hydrogens (tertiary/aromatic N) is 1. The number of fused-ring (bicyclic) bond motifs is 1. The van der Waals surface area contributed by atoms with Crippen LogP contribution in [0.15, 0.2) is 72.8 Å². The minimum atomic E-state index is 0.165. The van der Waals surface area contributed by atoms with Crippen molar-refractivity contribution in [1.82, 2.24) is 9.97 Å². The van der Waals surface area contributed by atoms with Crippen molar-refractivity contribution in [3.05, 3.63) is 89.7 Å². The van der Waals surface area contributed by atoms with Crippen molar-refractivity contribution < 1.29 is 9.47 Å². The lowest BCUT2D eigenvalue weighted by molar-refractivity contribution is 0.200. The quantitative estimate of drug-likeness (QED) is 0.389. The highest BCUT2D eigenvalue weighted by Gasteiger charge is 2.22. The molecule has 1 aliphatic carbocycles. The van der Waals surface area contributed by atoms with Crippen LogP contribution in [0.2, 0.25) is 0 Å². The largest absolute Gasteiger partial charge is 0.493 e. The summed E-state index contributed by atoms with van der Waals surface area (Å²) in [4.78, 5) is 8.33. The van der Waals surface area contributed by atoms with Crippen molar-refractivity contribution in [3.63, 3.8) is 0 Å². The molecule has 1 N–H and O–H groups in total. The van der Waals surface area contributed by atoms with Crippen LogP contribution in [0.5, 0.6) is 11.5 Å². The van der Waals surface area contributed by atoms with E-state index in [2.05, 4.69) is 53.5 Å². The molecule has 1 aromatic heterocycles. The lowest BCUT2D eigenvalue weighted by Crippen LogP contribution is -2.13. The molecule has 4 nitrogen and oxygen atoms in total. The zero-order valence-corrected chi connectivity index (χ0v) is 17.9. The first kappa shape index (κ1) is 19.7. The van der Waals surface area contributed by atoms with E-state index >= 15 is 0 Å². The van der Waals surface area contributed by atoms with E-state index in [1.165, 1.54) is 24.0 Å². The third-order valence-electron chi connectivity index (χ3n) is 6.22. The first-order valence-electron chi connectivity index (χ1n) is 11.1. The van der Waals surface area contributed by atoms with Gasteiger partial charge in [-0.3, -0.25) is 0 Å². The van der Waals surface area contributed by atoms with Crippen molar-refractivity contribution in [2.24, 2.45) is 0 Å². The highest BCUT2D eigenvalue weighted by Crippen LogP contribution is 2.37. The Balaban J connectivity index is 1.51. The molecule has 0 spiro atoms. The lowest BCUT2D eigenvalue weighted by atomic mass is 9.88. The van der Waals surface area contributed by atoms with Gasteiger partial charge >= 0.3 is 0 Å². The summed E-state index contributed by atoms with van der Waals surface area (Å²) in [5.41, 5.74) is 4.55. The highest BCUT2D eigenvalue weighted by molar-refractivity contribution is 5.74. The molecule has 0 amide bonds. The fourth-order valence-corrected chi connectivity index (χ4v) is 4.60. The van der Waals surface area contributed by atoms with Gasteiger partial charge in [-0.25, -0.2) is 4.98 Å². The zero-order chi connectivity index (χ0) is 21.0. The van der Waals surface area contributed by atoms with Crippen LogP contribution in [-0.2, 0) is 6.42 Å². The number of nitrogens with one attached hydrogen (secondary N) is 1. The van der Waals surface area contributed by atoms with Gasteiger partial charge in [-0.2, -0.15) is 0 Å². The summed E-state index contributed by atoms with van der Waals surface area (Å²) in [6.45, 7) is 0. The number of imidazole rings is 1. The number of hydrogen-bond acceptors (Lipinski definition) is 3.